The lowest BCUT2D eigenvalue weighted by molar-refractivity contribution is -0.139. The summed E-state index contributed by atoms with van der Waals surface area (Å²) in [5, 5.41) is 0. The number of nitrogens with zero attached hydrogens (tertiary/aromatic N) is 1. The molecule has 1 unspecified atom stereocenters. The van der Waals surface area contributed by atoms with Gasteiger partial charge < -0.3 is 14.4 Å². The normalized spacial score (nSPS) is 26.8. The highest BCUT2D eigenvalue weighted by Crippen LogP contribution is 2.25. The molecule has 114 valence electrons. The van der Waals surface area contributed by atoms with E-state index in [0.717, 1.165) is 13.0 Å². The Bertz CT molecular complexity index is 230. The van der Waals surface area contributed by atoms with E-state index in [1.165, 1.54) is 44.0 Å². The lowest BCUT2D eigenvalue weighted by Gasteiger charge is -2.26. The van der Waals surface area contributed by atoms with Gasteiger partial charge in [-0.1, -0.05) is 13.8 Å². The predicted octanol–water partition coefficient (Wildman–Crippen LogP) is 3.38. The number of hydrogen-bond donors (Lipinski definition) is 0. The molecule has 2 aliphatic rings. The van der Waals surface area contributed by atoms with Crippen LogP contribution in [0.5, 0.6) is 0 Å². The summed E-state index contributed by atoms with van der Waals surface area (Å²) in [6.07, 6.45) is 4.02. The molecular formula is C15H31NO2S. The highest BCUT2D eigenvalue weighted by molar-refractivity contribution is 7.99. The van der Waals surface area contributed by atoms with Crippen molar-refractivity contribution in [3.8, 4) is 0 Å². The van der Waals surface area contributed by atoms with Crippen molar-refractivity contribution < 1.29 is 9.47 Å². The molecule has 0 radical (unpaired) electrons. The Morgan fingerprint density at radius 1 is 1.16 bits per heavy atom. The SMILES string of the molecule is CC.CC1(C)OCC(CCCCN2CCSCC2)O1. The average Bonchev–Trinajstić information content (AvgIpc) is 2.78. The van der Waals surface area contributed by atoms with Crippen LogP contribution in [0.1, 0.15) is 47.0 Å². The maximum atomic E-state index is 5.80. The predicted molar refractivity (Wildman–Crippen MR) is 83.9 cm³/mol. The van der Waals surface area contributed by atoms with Gasteiger partial charge in [-0.15, -0.1) is 0 Å². The van der Waals surface area contributed by atoms with Crippen molar-refractivity contribution in [3.63, 3.8) is 0 Å². The van der Waals surface area contributed by atoms with E-state index in [9.17, 15) is 0 Å². The first-order valence-corrected chi connectivity index (χ1v) is 8.93. The molecule has 0 aromatic rings. The van der Waals surface area contributed by atoms with Crippen LogP contribution in [0.15, 0.2) is 0 Å². The van der Waals surface area contributed by atoms with Gasteiger partial charge in [-0.2, -0.15) is 11.8 Å². The van der Waals surface area contributed by atoms with Crippen LogP contribution in [-0.4, -0.2) is 54.5 Å². The second-order valence-corrected chi connectivity index (χ2v) is 6.63. The van der Waals surface area contributed by atoms with Crippen molar-refractivity contribution >= 4 is 11.8 Å². The first kappa shape index (κ1) is 17.3. The van der Waals surface area contributed by atoms with E-state index in [4.69, 9.17) is 9.47 Å². The Labute approximate surface area is 123 Å². The molecule has 2 aliphatic heterocycles. The first-order chi connectivity index (χ1) is 9.16. The van der Waals surface area contributed by atoms with E-state index < -0.39 is 0 Å². The summed E-state index contributed by atoms with van der Waals surface area (Å²) in [7, 11) is 0. The third kappa shape index (κ3) is 6.98. The fraction of sp³-hybridized carbons (Fsp3) is 1.00. The van der Waals surface area contributed by atoms with Gasteiger partial charge in [0.15, 0.2) is 5.79 Å². The second kappa shape index (κ2) is 9.22. The fourth-order valence-corrected chi connectivity index (χ4v) is 3.42. The Hall–Kier alpha value is 0.230. The maximum absolute atomic E-state index is 5.80. The van der Waals surface area contributed by atoms with E-state index in [0.29, 0.717) is 6.10 Å². The average molecular weight is 289 g/mol. The van der Waals surface area contributed by atoms with Crippen LogP contribution in [0.25, 0.3) is 0 Å². The van der Waals surface area contributed by atoms with Crippen molar-refractivity contribution in [1.29, 1.82) is 0 Å². The molecular weight excluding hydrogens is 258 g/mol. The monoisotopic (exact) mass is 289 g/mol. The molecule has 0 aromatic heterocycles. The van der Waals surface area contributed by atoms with Crippen LogP contribution in [-0.2, 0) is 9.47 Å². The van der Waals surface area contributed by atoms with Gasteiger partial charge in [0.2, 0.25) is 0 Å². The van der Waals surface area contributed by atoms with Crippen molar-refractivity contribution in [2.45, 2.75) is 58.8 Å². The number of unbranched alkanes of at least 4 members (excludes halogenated alkanes) is 1. The van der Waals surface area contributed by atoms with Crippen molar-refractivity contribution in [2.75, 3.05) is 37.7 Å². The van der Waals surface area contributed by atoms with Gasteiger partial charge in [0.05, 0.1) is 12.7 Å². The smallest absolute Gasteiger partial charge is 0.163 e. The highest BCUT2D eigenvalue weighted by atomic mass is 32.2. The third-order valence-electron chi connectivity index (χ3n) is 3.42. The molecule has 0 aromatic carbocycles. The summed E-state index contributed by atoms with van der Waals surface area (Å²) in [5.74, 6) is 2.27. The van der Waals surface area contributed by atoms with Crippen LogP contribution in [0.2, 0.25) is 0 Å². The molecule has 2 heterocycles. The largest absolute Gasteiger partial charge is 0.348 e. The summed E-state index contributed by atoms with van der Waals surface area (Å²) < 4.78 is 11.4. The van der Waals surface area contributed by atoms with Gasteiger partial charge in [-0.3, -0.25) is 0 Å². The zero-order valence-electron chi connectivity index (χ0n) is 13.1. The van der Waals surface area contributed by atoms with Crippen LogP contribution < -0.4 is 0 Å². The quantitative estimate of drug-likeness (QED) is 0.723. The summed E-state index contributed by atoms with van der Waals surface area (Å²) in [6, 6.07) is 0. The highest BCUT2D eigenvalue weighted by Gasteiger charge is 2.31. The summed E-state index contributed by atoms with van der Waals surface area (Å²) in [6.45, 7) is 12.6. The molecule has 3 nitrogen and oxygen atoms in total. The van der Waals surface area contributed by atoms with Gasteiger partial charge >= 0.3 is 0 Å². The molecule has 0 N–H and O–H groups in total. The molecule has 1 atom stereocenters. The van der Waals surface area contributed by atoms with Gasteiger partial charge in [-0.05, 0) is 39.7 Å². The van der Waals surface area contributed by atoms with Crippen LogP contribution in [0.3, 0.4) is 0 Å². The molecule has 0 aliphatic carbocycles. The number of rotatable bonds is 5. The van der Waals surface area contributed by atoms with E-state index >= 15 is 0 Å². The first-order valence-electron chi connectivity index (χ1n) is 7.78. The molecule has 0 spiro atoms. The van der Waals surface area contributed by atoms with E-state index in [1.807, 2.05) is 27.7 Å². The molecule has 0 bridgehead atoms. The number of ether oxygens (including phenoxy) is 2. The van der Waals surface area contributed by atoms with Gasteiger partial charge in [0.1, 0.15) is 0 Å². The Kier molecular flexibility index (Phi) is 8.38. The minimum Gasteiger partial charge on any atom is -0.348 e. The minimum absolute atomic E-state index is 0.321. The molecule has 2 saturated heterocycles. The standard InChI is InChI=1S/C13H25NO2S.C2H6/c1-13(2)15-11-12(16-13)5-3-4-6-14-7-9-17-10-8-14;1-2/h12H,3-11H2,1-2H3;1-2H3. The fourth-order valence-electron chi connectivity index (χ4n) is 2.44. The van der Waals surface area contributed by atoms with Crippen LogP contribution in [0.4, 0.5) is 0 Å². The molecule has 2 fully saturated rings. The Balaban J connectivity index is 0.000000861. The Morgan fingerprint density at radius 3 is 2.42 bits per heavy atom. The van der Waals surface area contributed by atoms with Gasteiger partial charge in [0, 0.05) is 24.6 Å². The molecule has 19 heavy (non-hydrogen) atoms. The molecule has 4 heteroatoms. The maximum Gasteiger partial charge on any atom is 0.163 e. The van der Waals surface area contributed by atoms with E-state index in [2.05, 4.69) is 16.7 Å². The zero-order valence-corrected chi connectivity index (χ0v) is 13.9. The summed E-state index contributed by atoms with van der Waals surface area (Å²) in [4.78, 5) is 2.59. The van der Waals surface area contributed by atoms with Crippen LogP contribution >= 0.6 is 11.8 Å². The van der Waals surface area contributed by atoms with Crippen molar-refractivity contribution in [3.05, 3.63) is 0 Å². The van der Waals surface area contributed by atoms with Crippen molar-refractivity contribution in [2.24, 2.45) is 0 Å². The Morgan fingerprint density at radius 2 is 1.84 bits per heavy atom. The second-order valence-electron chi connectivity index (χ2n) is 5.40. The molecule has 0 saturated carbocycles. The molecule has 2 rings (SSSR count). The van der Waals surface area contributed by atoms with E-state index in [1.54, 1.807) is 0 Å². The van der Waals surface area contributed by atoms with Gasteiger partial charge in [0.25, 0.3) is 0 Å². The van der Waals surface area contributed by atoms with Crippen LogP contribution in [0, 0.1) is 0 Å². The van der Waals surface area contributed by atoms with E-state index in [-0.39, 0.29) is 5.79 Å². The lowest BCUT2D eigenvalue weighted by atomic mass is 10.1. The molecule has 0 amide bonds. The number of hydrogen-bond acceptors (Lipinski definition) is 4. The number of thioether (sulfide) groups is 1. The third-order valence-corrected chi connectivity index (χ3v) is 4.36. The zero-order chi connectivity index (χ0) is 14.1. The van der Waals surface area contributed by atoms with Crippen molar-refractivity contribution in [1.82, 2.24) is 4.90 Å². The lowest BCUT2D eigenvalue weighted by Crippen LogP contribution is -2.33. The minimum atomic E-state index is -0.352. The van der Waals surface area contributed by atoms with Gasteiger partial charge in [-0.25, -0.2) is 0 Å². The summed E-state index contributed by atoms with van der Waals surface area (Å²) >= 11 is 2.08. The summed E-state index contributed by atoms with van der Waals surface area (Å²) in [5.41, 5.74) is 0. The topological polar surface area (TPSA) is 21.7 Å².